The molecule has 0 amide bonds. The molecule has 0 aliphatic carbocycles. The number of hydrogen-bond donors (Lipinski definition) is 0. The lowest BCUT2D eigenvalue weighted by atomic mass is 10.1. The second-order valence-electron chi connectivity index (χ2n) is 5.77. The summed E-state index contributed by atoms with van der Waals surface area (Å²) in [6, 6.07) is 31.1. The third-order valence-corrected chi connectivity index (χ3v) is 4.20. The molecule has 0 saturated heterocycles. The maximum absolute atomic E-state index is 4.99. The molecule has 0 bridgehead atoms. The number of rotatable bonds is 3. The SMILES string of the molecule is Cc1c(-c2ccccc2)nc(-c2ccccc2)n1-c1ccccc1. The van der Waals surface area contributed by atoms with Crippen molar-refractivity contribution in [2.24, 2.45) is 0 Å². The number of hydrogen-bond acceptors (Lipinski definition) is 1. The van der Waals surface area contributed by atoms with E-state index in [1.165, 1.54) is 0 Å². The average molecular weight is 310 g/mol. The Kier molecular flexibility index (Phi) is 3.72. The smallest absolute Gasteiger partial charge is 0.145 e. The second-order valence-corrected chi connectivity index (χ2v) is 5.77. The van der Waals surface area contributed by atoms with Gasteiger partial charge in [0, 0.05) is 22.5 Å². The van der Waals surface area contributed by atoms with Crippen molar-refractivity contribution in [2.75, 3.05) is 0 Å². The first kappa shape index (κ1) is 14.5. The van der Waals surface area contributed by atoms with Crippen molar-refractivity contribution >= 4 is 0 Å². The third-order valence-electron chi connectivity index (χ3n) is 4.20. The fraction of sp³-hybridized carbons (Fsp3) is 0.0455. The standard InChI is InChI=1S/C22H18N2/c1-17-21(18-11-5-2-6-12-18)23-22(19-13-7-3-8-14-19)24(17)20-15-9-4-10-16-20/h2-16H,1H3. The van der Waals surface area contributed by atoms with Crippen molar-refractivity contribution in [1.29, 1.82) is 0 Å². The van der Waals surface area contributed by atoms with E-state index < -0.39 is 0 Å². The Morgan fingerprint density at radius 2 is 1.12 bits per heavy atom. The van der Waals surface area contributed by atoms with E-state index in [1.54, 1.807) is 0 Å². The summed E-state index contributed by atoms with van der Waals surface area (Å²) in [6.07, 6.45) is 0. The van der Waals surface area contributed by atoms with E-state index in [1.807, 2.05) is 18.2 Å². The van der Waals surface area contributed by atoms with Gasteiger partial charge in [0.1, 0.15) is 5.82 Å². The molecule has 0 radical (unpaired) electrons. The summed E-state index contributed by atoms with van der Waals surface area (Å²) in [5, 5.41) is 0. The van der Waals surface area contributed by atoms with Gasteiger partial charge in [-0.1, -0.05) is 78.9 Å². The van der Waals surface area contributed by atoms with E-state index >= 15 is 0 Å². The number of nitrogens with zero attached hydrogens (tertiary/aromatic N) is 2. The highest BCUT2D eigenvalue weighted by molar-refractivity contribution is 5.70. The summed E-state index contributed by atoms with van der Waals surface area (Å²) in [4.78, 5) is 4.99. The molecule has 2 heteroatoms. The van der Waals surface area contributed by atoms with Crippen LogP contribution < -0.4 is 0 Å². The molecule has 24 heavy (non-hydrogen) atoms. The summed E-state index contributed by atoms with van der Waals surface area (Å²) in [5.74, 6) is 0.971. The van der Waals surface area contributed by atoms with Gasteiger partial charge in [-0.2, -0.15) is 0 Å². The minimum absolute atomic E-state index is 0.971. The highest BCUT2D eigenvalue weighted by Crippen LogP contribution is 2.31. The van der Waals surface area contributed by atoms with E-state index in [2.05, 4.69) is 84.3 Å². The largest absolute Gasteiger partial charge is 0.296 e. The zero-order chi connectivity index (χ0) is 16.4. The molecule has 4 aromatic rings. The van der Waals surface area contributed by atoms with E-state index in [4.69, 9.17) is 4.98 Å². The molecule has 0 aliphatic rings. The zero-order valence-corrected chi connectivity index (χ0v) is 13.6. The molecular weight excluding hydrogens is 292 g/mol. The number of para-hydroxylation sites is 1. The summed E-state index contributed by atoms with van der Waals surface area (Å²) in [6.45, 7) is 2.13. The van der Waals surface area contributed by atoms with Gasteiger partial charge in [0.15, 0.2) is 0 Å². The van der Waals surface area contributed by atoms with Crippen LogP contribution in [0.15, 0.2) is 91.0 Å². The number of aromatic nitrogens is 2. The zero-order valence-electron chi connectivity index (χ0n) is 13.6. The molecule has 0 aliphatic heterocycles. The summed E-state index contributed by atoms with van der Waals surface area (Å²) >= 11 is 0. The molecular formula is C22H18N2. The summed E-state index contributed by atoms with van der Waals surface area (Å²) < 4.78 is 2.23. The molecule has 0 unspecified atom stereocenters. The first-order valence-electron chi connectivity index (χ1n) is 8.10. The molecule has 116 valence electrons. The van der Waals surface area contributed by atoms with Gasteiger partial charge in [0.05, 0.1) is 5.69 Å². The molecule has 3 aromatic carbocycles. The fourth-order valence-electron chi connectivity index (χ4n) is 3.04. The Labute approximate surface area is 142 Å². The van der Waals surface area contributed by atoms with Crippen molar-refractivity contribution in [3.05, 3.63) is 96.7 Å². The lowest BCUT2D eigenvalue weighted by molar-refractivity contribution is 1.01. The van der Waals surface area contributed by atoms with E-state index in [9.17, 15) is 0 Å². The summed E-state index contributed by atoms with van der Waals surface area (Å²) in [7, 11) is 0. The Morgan fingerprint density at radius 1 is 0.625 bits per heavy atom. The van der Waals surface area contributed by atoms with Gasteiger partial charge in [-0.3, -0.25) is 4.57 Å². The van der Waals surface area contributed by atoms with Gasteiger partial charge in [-0.05, 0) is 19.1 Å². The normalized spacial score (nSPS) is 10.7. The Morgan fingerprint density at radius 3 is 1.71 bits per heavy atom. The monoisotopic (exact) mass is 310 g/mol. The maximum atomic E-state index is 4.99. The maximum Gasteiger partial charge on any atom is 0.145 e. The van der Waals surface area contributed by atoms with E-state index in [-0.39, 0.29) is 0 Å². The van der Waals surface area contributed by atoms with Crippen molar-refractivity contribution in [2.45, 2.75) is 6.92 Å². The van der Waals surface area contributed by atoms with Crippen LogP contribution in [-0.4, -0.2) is 9.55 Å². The van der Waals surface area contributed by atoms with Crippen LogP contribution in [0.1, 0.15) is 5.69 Å². The number of imidazole rings is 1. The highest BCUT2D eigenvalue weighted by atomic mass is 15.1. The predicted molar refractivity (Wildman–Crippen MR) is 99.2 cm³/mol. The van der Waals surface area contributed by atoms with Gasteiger partial charge in [-0.15, -0.1) is 0 Å². The van der Waals surface area contributed by atoms with Gasteiger partial charge in [-0.25, -0.2) is 4.98 Å². The van der Waals surface area contributed by atoms with Crippen LogP contribution in [0.5, 0.6) is 0 Å². The first-order chi connectivity index (χ1) is 11.8. The van der Waals surface area contributed by atoms with Crippen molar-refractivity contribution in [3.63, 3.8) is 0 Å². The van der Waals surface area contributed by atoms with Crippen LogP contribution in [0.4, 0.5) is 0 Å². The van der Waals surface area contributed by atoms with Crippen LogP contribution in [0, 0.1) is 6.92 Å². The van der Waals surface area contributed by atoms with Gasteiger partial charge in [0.25, 0.3) is 0 Å². The molecule has 4 rings (SSSR count). The van der Waals surface area contributed by atoms with Crippen molar-refractivity contribution in [1.82, 2.24) is 9.55 Å². The van der Waals surface area contributed by atoms with Crippen molar-refractivity contribution in [3.8, 4) is 28.3 Å². The van der Waals surface area contributed by atoms with Crippen LogP contribution in [0.25, 0.3) is 28.3 Å². The van der Waals surface area contributed by atoms with Crippen LogP contribution in [-0.2, 0) is 0 Å². The van der Waals surface area contributed by atoms with E-state index in [0.717, 1.165) is 34.0 Å². The Hall–Kier alpha value is -3.13. The predicted octanol–water partition coefficient (Wildman–Crippen LogP) is 5.51. The van der Waals surface area contributed by atoms with E-state index in [0.29, 0.717) is 0 Å². The van der Waals surface area contributed by atoms with Gasteiger partial charge in [0.2, 0.25) is 0 Å². The third kappa shape index (κ3) is 2.52. The molecule has 1 aromatic heterocycles. The molecule has 1 heterocycles. The average Bonchev–Trinajstić information content (AvgIpc) is 3.01. The van der Waals surface area contributed by atoms with Crippen molar-refractivity contribution < 1.29 is 0 Å². The topological polar surface area (TPSA) is 17.8 Å². The second kappa shape index (κ2) is 6.17. The highest BCUT2D eigenvalue weighted by Gasteiger charge is 2.17. The minimum atomic E-state index is 0.971. The number of benzene rings is 3. The lowest BCUT2D eigenvalue weighted by Gasteiger charge is -2.10. The lowest BCUT2D eigenvalue weighted by Crippen LogP contribution is -1.99. The molecule has 0 saturated carbocycles. The molecule has 2 nitrogen and oxygen atoms in total. The molecule has 0 spiro atoms. The minimum Gasteiger partial charge on any atom is -0.296 e. The molecule has 0 N–H and O–H groups in total. The molecule has 0 atom stereocenters. The molecule has 0 fully saturated rings. The quantitative estimate of drug-likeness (QED) is 0.487. The van der Waals surface area contributed by atoms with Gasteiger partial charge < -0.3 is 0 Å². The Bertz CT molecular complexity index is 939. The first-order valence-corrected chi connectivity index (χ1v) is 8.10. The van der Waals surface area contributed by atoms with Crippen LogP contribution >= 0.6 is 0 Å². The fourth-order valence-corrected chi connectivity index (χ4v) is 3.04. The summed E-state index contributed by atoms with van der Waals surface area (Å²) in [5.41, 5.74) is 5.56. The van der Waals surface area contributed by atoms with Gasteiger partial charge >= 0.3 is 0 Å². The Balaban J connectivity index is 1.99. The van der Waals surface area contributed by atoms with Crippen LogP contribution in [0.3, 0.4) is 0 Å². The van der Waals surface area contributed by atoms with Crippen LogP contribution in [0.2, 0.25) is 0 Å².